The molecule has 7 nitrogen and oxygen atoms in total. The van der Waals surface area contributed by atoms with Gasteiger partial charge in [-0.1, -0.05) is 39.3 Å². The maximum atomic E-state index is 12.8. The van der Waals surface area contributed by atoms with E-state index in [1.54, 1.807) is 6.92 Å². The average Bonchev–Trinajstić information content (AvgIpc) is 2.82. The van der Waals surface area contributed by atoms with E-state index in [4.69, 9.17) is 0 Å². The van der Waals surface area contributed by atoms with Gasteiger partial charge < -0.3 is 25.5 Å². The zero-order valence-corrected chi connectivity index (χ0v) is 23.1. The Morgan fingerprint density at radius 3 is 2.14 bits per heavy atom. The minimum absolute atomic E-state index is 0.0618. The van der Waals surface area contributed by atoms with E-state index in [0.29, 0.717) is 32.1 Å². The molecule has 0 heterocycles. The largest absolute Gasteiger partial charge is 0.481 e. The van der Waals surface area contributed by atoms with Crippen LogP contribution in [-0.4, -0.2) is 56.3 Å². The van der Waals surface area contributed by atoms with Gasteiger partial charge in [-0.3, -0.25) is 9.59 Å². The van der Waals surface area contributed by atoms with Gasteiger partial charge in [0.2, 0.25) is 0 Å². The number of carboxylic acids is 2. The lowest BCUT2D eigenvalue weighted by atomic mass is 9.33. The highest BCUT2D eigenvalue weighted by atomic mass is 16.4. The summed E-state index contributed by atoms with van der Waals surface area (Å²) in [5.41, 5.74) is -2.21. The topological polar surface area (TPSA) is 135 Å². The lowest BCUT2D eigenvalue weighted by molar-refractivity contribution is -0.243. The summed E-state index contributed by atoms with van der Waals surface area (Å²) in [6.07, 6.45) is 5.76. The quantitative estimate of drug-likeness (QED) is 0.353. The molecule has 5 N–H and O–H groups in total. The number of aliphatic carboxylic acids is 2. The Bertz CT molecular complexity index is 1040. The fourth-order valence-corrected chi connectivity index (χ4v) is 10.8. The number of allylic oxidation sites excluding steroid dienone is 2. The average molecular weight is 519 g/mol. The summed E-state index contributed by atoms with van der Waals surface area (Å²) in [4.78, 5) is 25.1. The first-order valence-electron chi connectivity index (χ1n) is 14.2. The molecular formula is C30H46O7. The SMILES string of the molecule is C[C@]1(C(=O)O)CC[C@]2(C(=O)O)CC[C@]3(C)C(=CC[C@@H]4[C@@]5(C)C[C@H](O)[C@H](O)[C@@](C)(CO)[C@H]5CC[C@]43C)[C@@H]2C1. The van der Waals surface area contributed by atoms with E-state index >= 15 is 0 Å². The van der Waals surface area contributed by atoms with Gasteiger partial charge >= 0.3 is 11.9 Å². The van der Waals surface area contributed by atoms with E-state index in [2.05, 4.69) is 26.8 Å². The number of carboxylic acid groups (broad SMARTS) is 2. The molecular weight excluding hydrogens is 472 g/mol. The number of fused-ring (bicyclic) bond motifs is 7. The molecule has 0 spiro atoms. The minimum atomic E-state index is -0.966. The predicted molar refractivity (Wildman–Crippen MR) is 137 cm³/mol. The smallest absolute Gasteiger partial charge is 0.310 e. The first kappa shape index (κ1) is 27.1. The number of hydrogen-bond donors (Lipinski definition) is 5. The second-order valence-electron chi connectivity index (χ2n) is 14.8. The highest BCUT2D eigenvalue weighted by Crippen LogP contribution is 2.75. The molecule has 0 unspecified atom stereocenters. The molecule has 7 heteroatoms. The molecule has 11 atom stereocenters. The minimum Gasteiger partial charge on any atom is -0.481 e. The van der Waals surface area contributed by atoms with Crippen LogP contribution in [0.4, 0.5) is 0 Å². The number of rotatable bonds is 3. The van der Waals surface area contributed by atoms with Gasteiger partial charge in [-0.05, 0) is 98.7 Å². The summed E-state index contributed by atoms with van der Waals surface area (Å²) >= 11 is 0. The molecule has 37 heavy (non-hydrogen) atoms. The lowest BCUT2D eigenvalue weighted by Gasteiger charge is -2.71. The first-order chi connectivity index (χ1) is 17.1. The Hall–Kier alpha value is -1.44. The van der Waals surface area contributed by atoms with Crippen molar-refractivity contribution in [3.05, 3.63) is 11.6 Å². The third-order valence-electron chi connectivity index (χ3n) is 13.4. The van der Waals surface area contributed by atoms with Crippen molar-refractivity contribution in [1.82, 2.24) is 0 Å². The Morgan fingerprint density at radius 1 is 0.892 bits per heavy atom. The maximum Gasteiger partial charge on any atom is 0.310 e. The standard InChI is InChI=1S/C30H46O7/c1-25(23(34)35)10-12-30(24(36)37)13-11-28(4)17(18(30)14-25)6-7-21-26(2)15-19(32)22(33)27(3,16-31)20(26)8-9-29(21,28)5/h6,18-22,31-33H,7-16H2,1-5H3,(H,34,35)(H,36,37)/t18-,19-,20-,21+,22-,25-,26-,27-,28+,29+,30-/m0/s1. The Morgan fingerprint density at radius 2 is 1.54 bits per heavy atom. The van der Waals surface area contributed by atoms with E-state index in [1.807, 2.05) is 6.92 Å². The van der Waals surface area contributed by atoms with Crippen LogP contribution in [0.15, 0.2) is 11.6 Å². The molecule has 0 saturated heterocycles. The molecule has 0 aromatic heterocycles. The summed E-state index contributed by atoms with van der Waals surface area (Å²) < 4.78 is 0. The molecule has 0 radical (unpaired) electrons. The van der Waals surface area contributed by atoms with Crippen molar-refractivity contribution in [1.29, 1.82) is 0 Å². The molecule has 0 aromatic carbocycles. The van der Waals surface area contributed by atoms with E-state index in [9.17, 15) is 35.1 Å². The number of aliphatic hydroxyl groups excluding tert-OH is 3. The third-order valence-corrected chi connectivity index (χ3v) is 13.4. The third kappa shape index (κ3) is 3.17. The van der Waals surface area contributed by atoms with Crippen molar-refractivity contribution >= 4 is 11.9 Å². The van der Waals surface area contributed by atoms with Gasteiger partial charge in [0, 0.05) is 5.41 Å². The van der Waals surface area contributed by atoms with Crippen molar-refractivity contribution in [2.75, 3.05) is 6.61 Å². The molecule has 0 aromatic rings. The molecule has 4 saturated carbocycles. The normalized spacial score (nSPS) is 55.1. The van der Waals surface area contributed by atoms with Gasteiger partial charge in [0.15, 0.2) is 0 Å². The van der Waals surface area contributed by atoms with Crippen molar-refractivity contribution in [2.45, 2.75) is 105 Å². The Balaban J connectivity index is 1.61. The summed E-state index contributed by atoms with van der Waals surface area (Å²) in [5, 5.41) is 52.9. The molecule has 5 aliphatic rings. The Labute approximate surface area is 220 Å². The van der Waals surface area contributed by atoms with Crippen LogP contribution in [0.25, 0.3) is 0 Å². The number of aliphatic hydroxyl groups is 3. The fourth-order valence-electron chi connectivity index (χ4n) is 10.8. The van der Waals surface area contributed by atoms with Crippen LogP contribution in [0.5, 0.6) is 0 Å². The van der Waals surface area contributed by atoms with E-state index in [-0.39, 0.29) is 40.6 Å². The maximum absolute atomic E-state index is 12.8. The van der Waals surface area contributed by atoms with Crippen LogP contribution in [0.3, 0.4) is 0 Å². The van der Waals surface area contributed by atoms with Crippen molar-refractivity contribution in [2.24, 2.45) is 50.2 Å². The van der Waals surface area contributed by atoms with E-state index in [1.165, 1.54) is 0 Å². The van der Waals surface area contributed by atoms with Crippen LogP contribution in [0.1, 0.15) is 92.4 Å². The second-order valence-corrected chi connectivity index (χ2v) is 14.8. The highest BCUT2D eigenvalue weighted by Gasteiger charge is 2.71. The lowest BCUT2D eigenvalue weighted by Crippen LogP contribution is -2.68. The van der Waals surface area contributed by atoms with Gasteiger partial charge in [0.1, 0.15) is 0 Å². The highest BCUT2D eigenvalue weighted by molar-refractivity contribution is 5.79. The molecule has 208 valence electrons. The molecule has 0 amide bonds. The monoisotopic (exact) mass is 518 g/mol. The van der Waals surface area contributed by atoms with Gasteiger partial charge in [-0.25, -0.2) is 0 Å². The number of hydrogen-bond acceptors (Lipinski definition) is 5. The van der Waals surface area contributed by atoms with Gasteiger partial charge in [0.05, 0.1) is 29.6 Å². The van der Waals surface area contributed by atoms with Crippen LogP contribution in [-0.2, 0) is 9.59 Å². The predicted octanol–water partition coefficient (Wildman–Crippen LogP) is 4.24. The van der Waals surface area contributed by atoms with Crippen LogP contribution >= 0.6 is 0 Å². The molecule has 0 aliphatic heterocycles. The van der Waals surface area contributed by atoms with Crippen LogP contribution in [0.2, 0.25) is 0 Å². The fraction of sp³-hybridized carbons (Fsp3) is 0.867. The van der Waals surface area contributed by atoms with Crippen molar-refractivity contribution in [3.63, 3.8) is 0 Å². The summed E-state index contributed by atoms with van der Waals surface area (Å²) in [5.74, 6) is -1.67. The molecule has 5 aliphatic carbocycles. The molecule has 4 fully saturated rings. The zero-order valence-electron chi connectivity index (χ0n) is 23.1. The van der Waals surface area contributed by atoms with Crippen molar-refractivity contribution < 1.29 is 35.1 Å². The molecule has 0 bridgehead atoms. The summed E-state index contributed by atoms with van der Waals surface area (Å²) in [7, 11) is 0. The zero-order chi connectivity index (χ0) is 27.4. The Kier molecular flexibility index (Phi) is 5.90. The van der Waals surface area contributed by atoms with Gasteiger partial charge in [0.25, 0.3) is 0 Å². The second kappa shape index (κ2) is 8.04. The summed E-state index contributed by atoms with van der Waals surface area (Å²) in [6, 6.07) is 0. The van der Waals surface area contributed by atoms with E-state index in [0.717, 1.165) is 31.3 Å². The van der Waals surface area contributed by atoms with Crippen LogP contribution < -0.4 is 0 Å². The first-order valence-corrected chi connectivity index (χ1v) is 14.2. The number of carbonyl (C=O) groups is 2. The van der Waals surface area contributed by atoms with Crippen molar-refractivity contribution in [3.8, 4) is 0 Å². The van der Waals surface area contributed by atoms with Crippen LogP contribution in [0, 0.1) is 50.2 Å². The molecule has 5 rings (SSSR count). The van der Waals surface area contributed by atoms with Gasteiger partial charge in [-0.15, -0.1) is 0 Å². The van der Waals surface area contributed by atoms with Gasteiger partial charge in [-0.2, -0.15) is 0 Å². The van der Waals surface area contributed by atoms with E-state index < -0.39 is 40.4 Å². The summed E-state index contributed by atoms with van der Waals surface area (Å²) in [6.45, 7) is 10.4.